The van der Waals surface area contributed by atoms with Gasteiger partial charge in [0.05, 0.1) is 30.9 Å². The number of rotatable bonds is 6. The van der Waals surface area contributed by atoms with E-state index in [1.54, 1.807) is 25.7 Å². The zero-order chi connectivity index (χ0) is 19.6. The van der Waals surface area contributed by atoms with Gasteiger partial charge in [-0.2, -0.15) is 0 Å². The number of hydrogen-bond acceptors (Lipinski definition) is 6. The Morgan fingerprint density at radius 3 is 2.72 bits per heavy atom. The van der Waals surface area contributed by atoms with Crippen molar-refractivity contribution in [2.45, 2.75) is 12.3 Å². The molecule has 0 aromatic carbocycles. The fraction of sp³-hybridized carbons (Fsp3) is 0.217. The van der Waals surface area contributed by atoms with Crippen molar-refractivity contribution in [2.24, 2.45) is 5.92 Å². The van der Waals surface area contributed by atoms with Crippen LogP contribution in [0.1, 0.15) is 18.0 Å². The lowest BCUT2D eigenvalue weighted by Gasteiger charge is -2.12. The summed E-state index contributed by atoms with van der Waals surface area (Å²) < 4.78 is 11.4. The molecular formula is C23H20N4O2. The van der Waals surface area contributed by atoms with Crippen LogP contribution in [-0.2, 0) is 0 Å². The Balaban J connectivity index is 1.37. The maximum atomic E-state index is 6.20. The molecule has 144 valence electrons. The van der Waals surface area contributed by atoms with Crippen LogP contribution in [0.5, 0.6) is 11.6 Å². The lowest BCUT2D eigenvalue weighted by molar-refractivity contribution is 0.288. The molecule has 4 aromatic heterocycles. The number of nitrogens with zero attached hydrogens (tertiary/aromatic N) is 4. The molecule has 1 saturated carbocycles. The van der Waals surface area contributed by atoms with Gasteiger partial charge >= 0.3 is 0 Å². The zero-order valence-corrected chi connectivity index (χ0v) is 16.0. The maximum absolute atomic E-state index is 6.20. The number of pyridine rings is 4. The quantitative estimate of drug-likeness (QED) is 0.494. The van der Waals surface area contributed by atoms with E-state index >= 15 is 0 Å². The summed E-state index contributed by atoms with van der Waals surface area (Å²) >= 11 is 0. The van der Waals surface area contributed by atoms with Crippen molar-refractivity contribution >= 4 is 11.0 Å². The van der Waals surface area contributed by atoms with Crippen LogP contribution in [0.25, 0.3) is 22.2 Å². The first-order valence-corrected chi connectivity index (χ1v) is 9.61. The number of methoxy groups -OCH3 is 1. The monoisotopic (exact) mass is 384 g/mol. The molecule has 1 unspecified atom stereocenters. The molecule has 0 saturated heterocycles. The molecule has 0 bridgehead atoms. The SMILES string of the molecule is COc1ccc(C2C[C@@H]2COc2nc3cccnc3cc2-c2cccnc2)nc1. The topological polar surface area (TPSA) is 70.0 Å². The molecule has 0 radical (unpaired) electrons. The number of fused-ring (bicyclic) bond motifs is 1. The van der Waals surface area contributed by atoms with Crippen molar-refractivity contribution in [3.63, 3.8) is 0 Å². The van der Waals surface area contributed by atoms with Crippen molar-refractivity contribution < 1.29 is 9.47 Å². The van der Waals surface area contributed by atoms with Gasteiger partial charge in [-0.25, -0.2) is 4.98 Å². The van der Waals surface area contributed by atoms with E-state index in [1.807, 2.05) is 48.7 Å². The van der Waals surface area contributed by atoms with Crippen LogP contribution < -0.4 is 9.47 Å². The predicted molar refractivity (Wildman–Crippen MR) is 110 cm³/mol. The van der Waals surface area contributed by atoms with Crippen molar-refractivity contribution in [1.29, 1.82) is 0 Å². The Kier molecular flexibility index (Phi) is 4.52. The molecular weight excluding hydrogens is 364 g/mol. The van der Waals surface area contributed by atoms with Crippen LogP contribution in [0.2, 0.25) is 0 Å². The molecule has 2 atom stereocenters. The van der Waals surface area contributed by atoms with E-state index in [0.717, 1.165) is 40.0 Å². The third-order valence-electron chi connectivity index (χ3n) is 5.25. The van der Waals surface area contributed by atoms with E-state index in [4.69, 9.17) is 14.5 Å². The first-order chi connectivity index (χ1) is 14.3. The highest BCUT2D eigenvalue weighted by molar-refractivity contribution is 5.83. The van der Waals surface area contributed by atoms with Crippen LogP contribution >= 0.6 is 0 Å². The molecule has 6 heteroatoms. The second-order valence-electron chi connectivity index (χ2n) is 7.16. The predicted octanol–water partition coefficient (Wildman–Crippen LogP) is 4.28. The average Bonchev–Trinajstić information content (AvgIpc) is 3.57. The first-order valence-electron chi connectivity index (χ1n) is 9.61. The van der Waals surface area contributed by atoms with Gasteiger partial charge in [-0.1, -0.05) is 6.07 Å². The summed E-state index contributed by atoms with van der Waals surface area (Å²) in [7, 11) is 1.65. The molecule has 4 aromatic rings. The van der Waals surface area contributed by atoms with E-state index in [9.17, 15) is 0 Å². The molecule has 29 heavy (non-hydrogen) atoms. The van der Waals surface area contributed by atoms with E-state index in [-0.39, 0.29) is 0 Å². The summed E-state index contributed by atoms with van der Waals surface area (Å²) in [5, 5.41) is 0. The molecule has 6 nitrogen and oxygen atoms in total. The summed E-state index contributed by atoms with van der Waals surface area (Å²) in [5.41, 5.74) is 4.61. The lowest BCUT2D eigenvalue weighted by atomic mass is 10.1. The van der Waals surface area contributed by atoms with Gasteiger partial charge in [-0.05, 0) is 42.8 Å². The van der Waals surface area contributed by atoms with Crippen LogP contribution in [-0.4, -0.2) is 33.7 Å². The zero-order valence-electron chi connectivity index (χ0n) is 16.0. The Morgan fingerprint density at radius 1 is 1.00 bits per heavy atom. The van der Waals surface area contributed by atoms with Gasteiger partial charge in [0.25, 0.3) is 0 Å². The van der Waals surface area contributed by atoms with Gasteiger partial charge in [0.2, 0.25) is 5.88 Å². The smallest absolute Gasteiger partial charge is 0.222 e. The van der Waals surface area contributed by atoms with Crippen molar-refractivity contribution in [3.05, 3.63) is 72.9 Å². The van der Waals surface area contributed by atoms with E-state index in [0.29, 0.717) is 24.3 Å². The highest BCUT2D eigenvalue weighted by Gasteiger charge is 2.40. The molecule has 0 N–H and O–H groups in total. The highest BCUT2D eigenvalue weighted by Crippen LogP contribution is 2.47. The minimum absolute atomic E-state index is 0.421. The number of hydrogen-bond donors (Lipinski definition) is 0. The van der Waals surface area contributed by atoms with E-state index < -0.39 is 0 Å². The van der Waals surface area contributed by atoms with Gasteiger partial charge in [0.15, 0.2) is 0 Å². The maximum Gasteiger partial charge on any atom is 0.222 e. The summed E-state index contributed by atoms with van der Waals surface area (Å²) in [6.45, 7) is 0.602. The van der Waals surface area contributed by atoms with Gasteiger partial charge in [0.1, 0.15) is 5.75 Å². The van der Waals surface area contributed by atoms with Crippen LogP contribution in [0.4, 0.5) is 0 Å². The first kappa shape index (κ1) is 17.6. The standard InChI is InChI=1S/C23H20N4O2/c1-28-17-6-7-20(26-13-17)18-10-16(18)14-29-23-19(15-4-2-8-24-12-15)11-22-21(27-23)5-3-9-25-22/h2-9,11-13,16,18H,10,14H2,1H3/t16-,18?/m1/s1. The van der Waals surface area contributed by atoms with Crippen molar-refractivity contribution in [3.8, 4) is 22.8 Å². The Labute approximate surface area is 168 Å². The van der Waals surface area contributed by atoms with Gasteiger partial charge < -0.3 is 9.47 Å². The van der Waals surface area contributed by atoms with E-state index in [1.165, 1.54) is 0 Å². The van der Waals surface area contributed by atoms with Gasteiger partial charge in [0, 0.05) is 47.2 Å². The normalized spacial score (nSPS) is 17.8. The minimum atomic E-state index is 0.421. The largest absolute Gasteiger partial charge is 0.495 e. The third-order valence-corrected chi connectivity index (χ3v) is 5.25. The van der Waals surface area contributed by atoms with Crippen molar-refractivity contribution in [1.82, 2.24) is 19.9 Å². The Morgan fingerprint density at radius 2 is 1.93 bits per heavy atom. The highest BCUT2D eigenvalue weighted by atomic mass is 16.5. The third kappa shape index (κ3) is 3.61. The molecule has 0 aliphatic heterocycles. The molecule has 0 spiro atoms. The van der Waals surface area contributed by atoms with Crippen LogP contribution in [0, 0.1) is 5.92 Å². The second kappa shape index (κ2) is 7.47. The molecule has 1 aliphatic rings. The fourth-order valence-corrected chi connectivity index (χ4v) is 3.53. The summed E-state index contributed by atoms with van der Waals surface area (Å²) in [6.07, 6.45) is 8.18. The van der Waals surface area contributed by atoms with Crippen LogP contribution in [0.15, 0.2) is 67.3 Å². The molecule has 4 heterocycles. The van der Waals surface area contributed by atoms with Gasteiger partial charge in [-0.3, -0.25) is 15.0 Å². The second-order valence-corrected chi connectivity index (χ2v) is 7.16. The average molecular weight is 384 g/mol. The van der Waals surface area contributed by atoms with Gasteiger partial charge in [-0.15, -0.1) is 0 Å². The molecule has 1 aliphatic carbocycles. The molecule has 1 fully saturated rings. The fourth-order valence-electron chi connectivity index (χ4n) is 3.53. The molecule has 0 amide bonds. The van der Waals surface area contributed by atoms with Crippen molar-refractivity contribution in [2.75, 3.05) is 13.7 Å². The summed E-state index contributed by atoms with van der Waals surface area (Å²) in [4.78, 5) is 17.9. The Bertz CT molecular complexity index is 1130. The number of aromatic nitrogens is 4. The number of ether oxygens (including phenoxy) is 2. The Hall–Kier alpha value is -3.54. The summed E-state index contributed by atoms with van der Waals surface area (Å²) in [5.74, 6) is 2.25. The van der Waals surface area contributed by atoms with E-state index in [2.05, 4.69) is 15.0 Å². The minimum Gasteiger partial charge on any atom is -0.495 e. The summed E-state index contributed by atoms with van der Waals surface area (Å²) in [6, 6.07) is 13.8. The molecule has 5 rings (SSSR count). The van der Waals surface area contributed by atoms with Crippen LogP contribution in [0.3, 0.4) is 0 Å². The lowest BCUT2D eigenvalue weighted by Crippen LogP contribution is -2.05.